The molecule has 160 valence electrons. The molecule has 0 spiro atoms. The molecule has 8 nitrogen and oxygen atoms in total. The topological polar surface area (TPSA) is 93.7 Å². The van der Waals surface area contributed by atoms with Gasteiger partial charge >= 0.3 is 0 Å². The number of piperazine rings is 1. The van der Waals surface area contributed by atoms with Crippen molar-refractivity contribution < 1.29 is 9.72 Å². The first-order valence-corrected chi connectivity index (χ1v) is 10.6. The van der Waals surface area contributed by atoms with Gasteiger partial charge in [0.1, 0.15) is 0 Å². The summed E-state index contributed by atoms with van der Waals surface area (Å²) in [4.78, 5) is 30.4. The Balaban J connectivity index is 1.44. The summed E-state index contributed by atoms with van der Waals surface area (Å²) in [5, 5.41) is 20.2. The lowest BCUT2D eigenvalue weighted by molar-refractivity contribution is -0.384. The predicted octanol–water partition coefficient (Wildman–Crippen LogP) is 3.02. The highest BCUT2D eigenvalue weighted by Gasteiger charge is 2.28. The number of hydrogen-bond acceptors (Lipinski definition) is 6. The lowest BCUT2D eigenvalue weighted by atomic mass is 10.1. The van der Waals surface area contributed by atoms with Crippen molar-refractivity contribution in [2.24, 2.45) is 0 Å². The van der Waals surface area contributed by atoms with Gasteiger partial charge in [0.15, 0.2) is 0 Å². The van der Waals surface area contributed by atoms with Crippen LogP contribution >= 0.6 is 0 Å². The van der Waals surface area contributed by atoms with Gasteiger partial charge in [-0.1, -0.05) is 12.1 Å². The summed E-state index contributed by atoms with van der Waals surface area (Å²) >= 11 is 0. The number of anilines is 1. The van der Waals surface area contributed by atoms with Crippen LogP contribution in [0.15, 0.2) is 42.5 Å². The molecule has 2 aromatic carbocycles. The molecular formula is C23H25N5O3. The summed E-state index contributed by atoms with van der Waals surface area (Å²) in [5.74, 6) is -0.136. The van der Waals surface area contributed by atoms with Crippen molar-refractivity contribution in [3.63, 3.8) is 0 Å². The van der Waals surface area contributed by atoms with Gasteiger partial charge in [0, 0.05) is 57.9 Å². The molecule has 2 aliphatic heterocycles. The second-order valence-electron chi connectivity index (χ2n) is 8.03. The highest BCUT2D eigenvalue weighted by molar-refractivity contribution is 6.00. The predicted molar refractivity (Wildman–Crippen MR) is 117 cm³/mol. The molecule has 0 unspecified atom stereocenters. The van der Waals surface area contributed by atoms with Crippen LogP contribution in [0.2, 0.25) is 0 Å². The number of nitrogens with zero attached hydrogens (tertiary/aromatic N) is 5. The third-order valence-corrected chi connectivity index (χ3v) is 6.02. The summed E-state index contributed by atoms with van der Waals surface area (Å²) in [6.45, 7) is 5.14. The molecular weight excluding hydrogens is 394 g/mol. The zero-order valence-electron chi connectivity index (χ0n) is 17.4. The maximum absolute atomic E-state index is 13.3. The Labute approximate surface area is 181 Å². The molecule has 4 rings (SSSR count). The number of benzene rings is 2. The highest BCUT2D eigenvalue weighted by Crippen LogP contribution is 2.29. The molecule has 0 atom stereocenters. The van der Waals surface area contributed by atoms with Gasteiger partial charge in [-0.25, -0.2) is 0 Å². The normalized spacial score (nSPS) is 16.9. The molecule has 1 amide bonds. The van der Waals surface area contributed by atoms with Gasteiger partial charge in [-0.05, 0) is 36.6 Å². The van der Waals surface area contributed by atoms with Crippen LogP contribution in [0.1, 0.15) is 34.3 Å². The number of hydrogen-bond donors (Lipinski definition) is 0. The van der Waals surface area contributed by atoms with Crippen LogP contribution in [0.4, 0.5) is 11.4 Å². The Bertz CT molecular complexity index is 1000. The third-order valence-electron chi connectivity index (χ3n) is 6.02. The first kappa shape index (κ1) is 20.8. The van der Waals surface area contributed by atoms with Gasteiger partial charge in [-0.3, -0.25) is 19.8 Å². The molecule has 2 fully saturated rings. The van der Waals surface area contributed by atoms with Gasteiger partial charge in [0.05, 0.1) is 27.8 Å². The molecule has 0 radical (unpaired) electrons. The average Bonchev–Trinajstić information content (AvgIpc) is 3.34. The molecule has 8 heteroatoms. The fraction of sp³-hybridized carbons (Fsp3) is 0.391. The van der Waals surface area contributed by atoms with Crippen molar-refractivity contribution in [1.82, 2.24) is 9.80 Å². The van der Waals surface area contributed by atoms with Crippen molar-refractivity contribution >= 4 is 17.3 Å². The summed E-state index contributed by atoms with van der Waals surface area (Å²) in [6.07, 6.45) is 2.14. The summed E-state index contributed by atoms with van der Waals surface area (Å²) in [5.41, 5.74) is 2.95. The van der Waals surface area contributed by atoms with E-state index < -0.39 is 4.92 Å². The Morgan fingerprint density at radius 2 is 1.68 bits per heavy atom. The van der Waals surface area contributed by atoms with E-state index in [2.05, 4.69) is 15.9 Å². The van der Waals surface area contributed by atoms with Crippen LogP contribution in [0.25, 0.3) is 0 Å². The lowest BCUT2D eigenvalue weighted by Gasteiger charge is -2.35. The van der Waals surface area contributed by atoms with Crippen LogP contribution < -0.4 is 4.90 Å². The van der Waals surface area contributed by atoms with Gasteiger partial charge in [0.2, 0.25) is 0 Å². The Morgan fingerprint density at radius 3 is 2.29 bits per heavy atom. The molecule has 0 bridgehead atoms. The fourth-order valence-corrected chi connectivity index (χ4v) is 4.26. The van der Waals surface area contributed by atoms with Crippen molar-refractivity contribution in [2.45, 2.75) is 19.4 Å². The Hall–Kier alpha value is -3.44. The standard InChI is InChI=1S/C23H25N5O3/c24-16-18-3-5-19(6-4-18)17-25-11-13-27(14-12-25)23(29)21-15-20(28(30)31)7-8-22(21)26-9-1-2-10-26/h3-8,15H,1-2,9-14,17H2. The maximum atomic E-state index is 13.3. The van der Waals surface area contributed by atoms with E-state index in [9.17, 15) is 14.9 Å². The second kappa shape index (κ2) is 9.14. The van der Waals surface area contributed by atoms with E-state index in [1.54, 1.807) is 11.0 Å². The van der Waals surface area contributed by atoms with Crippen LogP contribution in [-0.4, -0.2) is 59.9 Å². The van der Waals surface area contributed by atoms with Gasteiger partial charge < -0.3 is 9.80 Å². The molecule has 0 saturated carbocycles. The van der Waals surface area contributed by atoms with Crippen molar-refractivity contribution in [1.29, 1.82) is 5.26 Å². The minimum Gasteiger partial charge on any atom is -0.371 e. The van der Waals surface area contributed by atoms with Gasteiger partial charge in [-0.2, -0.15) is 5.26 Å². The molecule has 31 heavy (non-hydrogen) atoms. The lowest BCUT2D eigenvalue weighted by Crippen LogP contribution is -2.48. The third kappa shape index (κ3) is 4.67. The van der Waals surface area contributed by atoms with E-state index >= 15 is 0 Å². The van der Waals surface area contributed by atoms with E-state index in [1.807, 2.05) is 24.3 Å². The monoisotopic (exact) mass is 419 g/mol. The van der Waals surface area contributed by atoms with Crippen LogP contribution in [0.3, 0.4) is 0 Å². The maximum Gasteiger partial charge on any atom is 0.270 e. The molecule has 0 aliphatic carbocycles. The SMILES string of the molecule is N#Cc1ccc(CN2CCN(C(=O)c3cc([N+](=O)[O-])ccc3N3CCCC3)CC2)cc1. The summed E-state index contributed by atoms with van der Waals surface area (Å²) in [7, 11) is 0. The number of carbonyl (C=O) groups excluding carboxylic acids is 1. The first-order chi connectivity index (χ1) is 15.0. The van der Waals surface area contributed by atoms with E-state index in [0.29, 0.717) is 24.2 Å². The second-order valence-corrected chi connectivity index (χ2v) is 8.03. The average molecular weight is 419 g/mol. The minimum absolute atomic E-state index is 0.0502. The fourth-order valence-electron chi connectivity index (χ4n) is 4.26. The van der Waals surface area contributed by atoms with Gasteiger partial charge in [0.25, 0.3) is 11.6 Å². The number of amides is 1. The van der Waals surface area contributed by atoms with Crippen LogP contribution in [0.5, 0.6) is 0 Å². The molecule has 2 aromatic rings. The van der Waals surface area contributed by atoms with E-state index in [0.717, 1.165) is 56.8 Å². The van der Waals surface area contributed by atoms with E-state index in [1.165, 1.54) is 12.1 Å². The smallest absolute Gasteiger partial charge is 0.270 e. The molecule has 2 saturated heterocycles. The summed E-state index contributed by atoms with van der Waals surface area (Å²) in [6, 6.07) is 14.3. The van der Waals surface area contributed by atoms with Gasteiger partial charge in [-0.15, -0.1) is 0 Å². The first-order valence-electron chi connectivity index (χ1n) is 10.6. The molecule has 0 N–H and O–H groups in total. The van der Waals surface area contributed by atoms with Crippen molar-refractivity contribution in [2.75, 3.05) is 44.2 Å². The Morgan fingerprint density at radius 1 is 1.00 bits per heavy atom. The number of rotatable bonds is 5. The molecule has 0 aromatic heterocycles. The van der Waals surface area contributed by atoms with E-state index in [-0.39, 0.29) is 11.6 Å². The van der Waals surface area contributed by atoms with Crippen molar-refractivity contribution in [3.8, 4) is 6.07 Å². The number of carbonyl (C=O) groups is 1. The zero-order chi connectivity index (χ0) is 21.8. The van der Waals surface area contributed by atoms with E-state index in [4.69, 9.17) is 5.26 Å². The molecule has 2 aliphatic rings. The number of nitro benzene ring substituents is 1. The van der Waals surface area contributed by atoms with Crippen LogP contribution in [0, 0.1) is 21.4 Å². The Kier molecular flexibility index (Phi) is 6.14. The minimum atomic E-state index is -0.444. The number of non-ortho nitro benzene ring substituents is 1. The van der Waals surface area contributed by atoms with Crippen LogP contribution in [-0.2, 0) is 6.54 Å². The quantitative estimate of drug-likeness (QED) is 0.546. The molecule has 2 heterocycles. The number of nitro groups is 1. The number of nitriles is 1. The largest absolute Gasteiger partial charge is 0.371 e. The highest BCUT2D eigenvalue weighted by atomic mass is 16.6. The zero-order valence-corrected chi connectivity index (χ0v) is 17.4. The summed E-state index contributed by atoms with van der Waals surface area (Å²) < 4.78 is 0. The van der Waals surface area contributed by atoms with Crippen molar-refractivity contribution in [3.05, 3.63) is 69.3 Å².